The summed E-state index contributed by atoms with van der Waals surface area (Å²) in [4.78, 5) is 25.8. The highest BCUT2D eigenvalue weighted by Gasteiger charge is 2.15. The fourth-order valence-corrected chi connectivity index (χ4v) is 0.418. The van der Waals surface area contributed by atoms with Crippen molar-refractivity contribution < 1.29 is 24.3 Å². The third kappa shape index (κ3) is 9.17. The number of hydrogen-bond acceptors (Lipinski definition) is 5. The largest absolute Gasteiger partial charge is 0.388 e. The normalized spacial score (nSPS) is 10.6. The average Bonchev–Trinajstić information content (AvgIpc) is 2.25. The van der Waals surface area contributed by atoms with Gasteiger partial charge in [-0.25, -0.2) is 4.79 Å². The zero-order valence-electron chi connectivity index (χ0n) is 10.1. The van der Waals surface area contributed by atoms with Crippen LogP contribution in [-0.2, 0) is 19.2 Å². The van der Waals surface area contributed by atoms with Crippen LogP contribution >= 0.6 is 0 Å². The second-order valence-corrected chi connectivity index (χ2v) is 2.96. The van der Waals surface area contributed by atoms with Gasteiger partial charge in [0.1, 0.15) is 0 Å². The van der Waals surface area contributed by atoms with E-state index in [0.29, 0.717) is 0 Å². The van der Waals surface area contributed by atoms with Gasteiger partial charge in [-0.3, -0.25) is 4.79 Å². The molecule has 0 aliphatic heterocycles. The Labute approximate surface area is 95.2 Å². The molecule has 0 aromatic rings. The summed E-state index contributed by atoms with van der Waals surface area (Å²) >= 11 is 0. The van der Waals surface area contributed by atoms with Gasteiger partial charge in [0.15, 0.2) is 6.10 Å². The number of amides is 1. The first-order chi connectivity index (χ1) is 7.40. The molecule has 94 valence electrons. The van der Waals surface area contributed by atoms with E-state index in [4.69, 9.17) is 5.11 Å². The van der Waals surface area contributed by atoms with Crippen molar-refractivity contribution in [2.24, 2.45) is 0 Å². The van der Waals surface area contributed by atoms with Crippen LogP contribution in [0.3, 0.4) is 0 Å². The Balaban J connectivity index is 0. The minimum atomic E-state index is -1.20. The van der Waals surface area contributed by atoms with E-state index >= 15 is 0 Å². The summed E-state index contributed by atoms with van der Waals surface area (Å²) in [6.45, 7) is 6.42. The molecule has 0 aromatic carbocycles. The molecule has 6 nitrogen and oxygen atoms in total. The van der Waals surface area contributed by atoms with Crippen molar-refractivity contribution in [1.29, 1.82) is 0 Å². The van der Waals surface area contributed by atoms with Gasteiger partial charge in [-0.15, -0.1) is 0 Å². The second kappa shape index (κ2) is 10.1. The lowest BCUT2D eigenvalue weighted by Gasteiger charge is -2.07. The topological polar surface area (TPSA) is 84.9 Å². The van der Waals surface area contributed by atoms with Crippen LogP contribution in [0.2, 0.25) is 0 Å². The smallest absolute Gasteiger partial charge is 0.360 e. The van der Waals surface area contributed by atoms with Gasteiger partial charge in [0.2, 0.25) is 0 Å². The number of ether oxygens (including phenoxy) is 1. The van der Waals surface area contributed by atoms with Crippen LogP contribution in [0.15, 0.2) is 12.2 Å². The van der Waals surface area contributed by atoms with E-state index in [1.165, 1.54) is 6.92 Å². The van der Waals surface area contributed by atoms with Crippen LogP contribution in [0.25, 0.3) is 0 Å². The van der Waals surface area contributed by atoms with Crippen molar-refractivity contribution in [2.45, 2.75) is 26.4 Å². The Morgan fingerprint density at radius 1 is 1.44 bits per heavy atom. The van der Waals surface area contributed by atoms with E-state index in [9.17, 15) is 9.59 Å². The molecule has 0 saturated heterocycles. The fraction of sp³-hybridized carbons (Fsp3) is 0.600. The molecule has 0 heterocycles. The van der Waals surface area contributed by atoms with E-state index in [0.717, 1.165) is 0 Å². The van der Waals surface area contributed by atoms with Crippen LogP contribution in [0.5, 0.6) is 0 Å². The molecule has 0 bridgehead atoms. The molecule has 0 aliphatic rings. The highest BCUT2D eigenvalue weighted by Crippen LogP contribution is 1.93. The van der Waals surface area contributed by atoms with Gasteiger partial charge in [-0.2, -0.15) is 5.48 Å². The van der Waals surface area contributed by atoms with E-state index in [1.54, 1.807) is 21.1 Å². The molecule has 2 N–H and O–H groups in total. The number of hydrogen-bond donors (Lipinski definition) is 2. The zero-order valence-corrected chi connectivity index (χ0v) is 10.1. The Kier molecular flexibility index (Phi) is 10.8. The van der Waals surface area contributed by atoms with E-state index in [2.05, 4.69) is 16.2 Å². The fourth-order valence-electron chi connectivity index (χ4n) is 0.418. The highest BCUT2D eigenvalue weighted by atomic mass is 16.7. The maximum Gasteiger partial charge on any atom is 0.360 e. The second-order valence-electron chi connectivity index (χ2n) is 2.96. The van der Waals surface area contributed by atoms with Crippen LogP contribution in [0, 0.1) is 0 Å². The van der Waals surface area contributed by atoms with Gasteiger partial charge in [0.05, 0.1) is 0 Å². The Morgan fingerprint density at radius 3 is 2.19 bits per heavy atom. The summed E-state index contributed by atoms with van der Waals surface area (Å²) in [7, 11) is 3.25. The molecule has 0 rings (SSSR count). The number of carbonyl (C=O) groups is 2. The average molecular weight is 233 g/mol. The molecule has 1 amide bonds. The molecule has 0 spiro atoms. The van der Waals surface area contributed by atoms with Gasteiger partial charge in [0.25, 0.3) is 5.91 Å². The summed E-state index contributed by atoms with van der Waals surface area (Å²) in [5, 5.41) is 8.93. The number of methoxy groups -OCH3 is 1. The lowest BCUT2D eigenvalue weighted by Crippen LogP contribution is -2.32. The van der Waals surface area contributed by atoms with Gasteiger partial charge in [-0.1, -0.05) is 13.5 Å². The number of carbonyl (C=O) groups excluding carboxylic acids is 2. The monoisotopic (exact) mass is 233 g/mol. The first-order valence-corrected chi connectivity index (χ1v) is 4.65. The lowest BCUT2D eigenvalue weighted by atomic mass is 10.3. The maximum atomic E-state index is 10.8. The SMILES string of the molecule is C=C(C)C(=O)NOC(=O)C(O)CC.COC. The molecular formula is C10H19NO5. The molecule has 0 radical (unpaired) electrons. The van der Waals surface area contributed by atoms with Crippen molar-refractivity contribution in [3.8, 4) is 0 Å². The number of rotatable bonds is 3. The summed E-state index contributed by atoms with van der Waals surface area (Å²) in [5.41, 5.74) is 2.07. The summed E-state index contributed by atoms with van der Waals surface area (Å²) < 4.78 is 4.25. The number of nitrogens with one attached hydrogen (secondary N) is 1. The van der Waals surface area contributed by atoms with E-state index in [-0.39, 0.29) is 12.0 Å². The van der Waals surface area contributed by atoms with Crippen molar-refractivity contribution >= 4 is 11.9 Å². The first kappa shape index (κ1) is 17.0. The van der Waals surface area contributed by atoms with Crippen LogP contribution in [0.1, 0.15) is 20.3 Å². The minimum absolute atomic E-state index is 0.221. The van der Waals surface area contributed by atoms with Crippen molar-refractivity contribution in [3.63, 3.8) is 0 Å². The van der Waals surface area contributed by atoms with Crippen LogP contribution in [-0.4, -0.2) is 37.3 Å². The molecule has 0 fully saturated rings. The number of aliphatic hydroxyl groups excluding tert-OH is 1. The number of aliphatic hydroxyl groups is 1. The quantitative estimate of drug-likeness (QED) is 0.536. The summed E-state index contributed by atoms with van der Waals surface area (Å²) in [6.07, 6.45) is -0.965. The number of hydroxylamine groups is 1. The van der Waals surface area contributed by atoms with Gasteiger partial charge in [0, 0.05) is 19.8 Å². The standard InChI is InChI=1S/C8H13NO4.C2H6O/c1-4-6(10)8(12)13-9-7(11)5(2)3;1-3-2/h6,10H,2,4H2,1,3H3,(H,9,11);1-2H3. The Morgan fingerprint density at radius 2 is 1.88 bits per heavy atom. The predicted molar refractivity (Wildman–Crippen MR) is 58.3 cm³/mol. The molecule has 1 atom stereocenters. The molecule has 16 heavy (non-hydrogen) atoms. The molecule has 0 aliphatic carbocycles. The minimum Gasteiger partial charge on any atom is -0.388 e. The molecule has 0 aromatic heterocycles. The molecule has 6 heteroatoms. The molecule has 0 saturated carbocycles. The van der Waals surface area contributed by atoms with Crippen LogP contribution in [0.4, 0.5) is 0 Å². The predicted octanol–water partition coefficient (Wildman–Crippen LogP) is 0.170. The van der Waals surface area contributed by atoms with Crippen molar-refractivity contribution in [1.82, 2.24) is 5.48 Å². The van der Waals surface area contributed by atoms with Gasteiger partial charge in [-0.05, 0) is 13.3 Å². The Hall–Kier alpha value is -1.40. The highest BCUT2D eigenvalue weighted by molar-refractivity contribution is 5.92. The van der Waals surface area contributed by atoms with Gasteiger partial charge < -0.3 is 14.7 Å². The Bertz CT molecular complexity index is 239. The molecule has 1 unspecified atom stereocenters. The lowest BCUT2D eigenvalue weighted by molar-refractivity contribution is -0.165. The zero-order chi connectivity index (χ0) is 13.1. The maximum absolute atomic E-state index is 10.8. The van der Waals surface area contributed by atoms with Gasteiger partial charge >= 0.3 is 5.97 Å². The van der Waals surface area contributed by atoms with Crippen molar-refractivity contribution in [3.05, 3.63) is 12.2 Å². The molecular weight excluding hydrogens is 214 g/mol. The van der Waals surface area contributed by atoms with Crippen LogP contribution < -0.4 is 5.48 Å². The van der Waals surface area contributed by atoms with E-state index in [1.807, 2.05) is 5.48 Å². The van der Waals surface area contributed by atoms with E-state index < -0.39 is 18.0 Å². The van der Waals surface area contributed by atoms with Crippen molar-refractivity contribution in [2.75, 3.05) is 14.2 Å². The third-order valence-electron chi connectivity index (χ3n) is 1.29. The summed E-state index contributed by atoms with van der Waals surface area (Å²) in [5.74, 6) is -1.46. The first-order valence-electron chi connectivity index (χ1n) is 4.65. The third-order valence-corrected chi connectivity index (χ3v) is 1.29. The summed E-state index contributed by atoms with van der Waals surface area (Å²) in [6, 6.07) is 0.